The summed E-state index contributed by atoms with van der Waals surface area (Å²) >= 11 is 0. The van der Waals surface area contributed by atoms with Gasteiger partial charge in [-0.3, -0.25) is 9.59 Å². The molecule has 1 aromatic rings. The van der Waals surface area contributed by atoms with Crippen LogP contribution in [-0.2, 0) is 11.3 Å². The maximum Gasteiger partial charge on any atom is 0.250 e. The summed E-state index contributed by atoms with van der Waals surface area (Å²) < 4.78 is 1.57. The van der Waals surface area contributed by atoms with Crippen molar-refractivity contribution in [2.24, 2.45) is 11.3 Å². The van der Waals surface area contributed by atoms with E-state index in [1.807, 2.05) is 4.90 Å². The third kappa shape index (κ3) is 4.02. The smallest absolute Gasteiger partial charge is 0.250 e. The highest BCUT2D eigenvalue weighted by Crippen LogP contribution is 2.44. The fourth-order valence-electron chi connectivity index (χ4n) is 3.73. The van der Waals surface area contributed by atoms with Crippen molar-refractivity contribution >= 4 is 5.91 Å². The van der Waals surface area contributed by atoms with Crippen molar-refractivity contribution in [3.8, 4) is 0 Å². The van der Waals surface area contributed by atoms with Crippen LogP contribution in [0.25, 0.3) is 0 Å². The monoisotopic (exact) mass is 318 g/mol. The molecule has 1 N–H and O–H groups in total. The Morgan fingerprint density at radius 2 is 2.17 bits per heavy atom. The second-order valence-electron chi connectivity index (χ2n) is 7.21. The Bertz CT molecular complexity index is 608. The van der Waals surface area contributed by atoms with Crippen LogP contribution in [0.4, 0.5) is 0 Å². The van der Waals surface area contributed by atoms with Crippen LogP contribution < -0.4 is 5.56 Å². The van der Waals surface area contributed by atoms with Crippen molar-refractivity contribution in [1.29, 1.82) is 0 Å². The average molecular weight is 318 g/mol. The Morgan fingerprint density at radius 3 is 2.87 bits per heavy atom. The summed E-state index contributed by atoms with van der Waals surface area (Å²) in [5.41, 5.74) is -0.170. The van der Waals surface area contributed by atoms with Crippen LogP contribution in [0.15, 0.2) is 29.2 Å². The number of carbonyl (C=O) groups excluding carboxylic acids is 1. The molecule has 2 aliphatic rings. The molecule has 23 heavy (non-hydrogen) atoms. The molecule has 0 unspecified atom stereocenters. The number of carbonyl (C=O) groups is 1. The second kappa shape index (κ2) is 6.87. The van der Waals surface area contributed by atoms with Gasteiger partial charge in [-0.15, -0.1) is 0 Å². The van der Waals surface area contributed by atoms with E-state index in [0.29, 0.717) is 19.5 Å². The van der Waals surface area contributed by atoms with Crippen molar-refractivity contribution in [3.05, 3.63) is 34.7 Å². The Morgan fingerprint density at radius 1 is 1.35 bits per heavy atom. The number of aryl methyl sites for hydroxylation is 1. The van der Waals surface area contributed by atoms with Gasteiger partial charge in [0.1, 0.15) is 0 Å². The van der Waals surface area contributed by atoms with Gasteiger partial charge in [0, 0.05) is 43.7 Å². The molecule has 0 radical (unpaired) electrons. The number of aliphatic hydroxyl groups excluding tert-OH is 1. The molecule has 1 aromatic heterocycles. The average Bonchev–Trinajstić information content (AvgIpc) is 3.38. The van der Waals surface area contributed by atoms with Gasteiger partial charge in [-0.1, -0.05) is 18.9 Å². The summed E-state index contributed by atoms with van der Waals surface area (Å²) in [4.78, 5) is 26.1. The van der Waals surface area contributed by atoms with Crippen LogP contribution in [0.3, 0.4) is 0 Å². The molecule has 0 spiro atoms. The van der Waals surface area contributed by atoms with Crippen molar-refractivity contribution in [3.63, 3.8) is 0 Å². The van der Waals surface area contributed by atoms with E-state index in [4.69, 9.17) is 0 Å². The highest BCUT2D eigenvalue weighted by atomic mass is 16.3. The number of piperidine rings is 1. The van der Waals surface area contributed by atoms with Gasteiger partial charge in [0.05, 0.1) is 6.61 Å². The summed E-state index contributed by atoms with van der Waals surface area (Å²) in [6.45, 7) is 2.03. The summed E-state index contributed by atoms with van der Waals surface area (Å²) in [6, 6.07) is 5.02. The van der Waals surface area contributed by atoms with Gasteiger partial charge < -0.3 is 14.6 Å². The largest absolute Gasteiger partial charge is 0.396 e. The van der Waals surface area contributed by atoms with E-state index >= 15 is 0 Å². The fourth-order valence-corrected chi connectivity index (χ4v) is 3.73. The minimum absolute atomic E-state index is 0.0719. The topological polar surface area (TPSA) is 62.5 Å². The van der Waals surface area contributed by atoms with Crippen LogP contribution in [0.2, 0.25) is 0 Å². The zero-order valence-electron chi connectivity index (χ0n) is 13.6. The number of rotatable bonds is 6. The molecule has 1 saturated carbocycles. The number of likely N-dealkylation sites (tertiary alicyclic amines) is 1. The lowest BCUT2D eigenvalue weighted by Gasteiger charge is -2.42. The number of aliphatic hydroxyl groups is 1. The van der Waals surface area contributed by atoms with Crippen molar-refractivity contribution in [1.82, 2.24) is 9.47 Å². The minimum atomic E-state index is -0.0986. The van der Waals surface area contributed by atoms with E-state index in [9.17, 15) is 14.7 Å². The zero-order valence-corrected chi connectivity index (χ0v) is 13.6. The van der Waals surface area contributed by atoms with E-state index in [-0.39, 0.29) is 23.5 Å². The molecule has 0 bridgehead atoms. The molecule has 2 heterocycles. The minimum Gasteiger partial charge on any atom is -0.396 e. The van der Waals surface area contributed by atoms with Crippen molar-refractivity contribution in [2.75, 3.05) is 19.7 Å². The molecule has 3 rings (SSSR count). The number of pyridine rings is 1. The predicted molar refractivity (Wildman–Crippen MR) is 88.0 cm³/mol. The molecule has 1 saturated heterocycles. The molecule has 5 heteroatoms. The lowest BCUT2D eigenvalue weighted by atomic mass is 9.76. The predicted octanol–water partition coefficient (Wildman–Crippen LogP) is 1.64. The zero-order chi connectivity index (χ0) is 16.3. The first-order valence-electron chi connectivity index (χ1n) is 8.66. The van der Waals surface area contributed by atoms with Gasteiger partial charge >= 0.3 is 0 Å². The normalized spacial score (nSPS) is 24.7. The molecule has 2 fully saturated rings. The highest BCUT2D eigenvalue weighted by molar-refractivity contribution is 5.76. The van der Waals surface area contributed by atoms with Crippen LogP contribution in [0.5, 0.6) is 0 Å². The highest BCUT2D eigenvalue weighted by Gasteiger charge is 2.40. The molecule has 0 aromatic carbocycles. The summed E-state index contributed by atoms with van der Waals surface area (Å²) in [6.07, 6.45) is 7.63. The first kappa shape index (κ1) is 16.2. The Hall–Kier alpha value is -1.62. The third-order valence-corrected chi connectivity index (χ3v) is 5.23. The van der Waals surface area contributed by atoms with E-state index in [2.05, 4.69) is 0 Å². The molecular formula is C18H26N2O3. The maximum atomic E-state index is 12.5. The van der Waals surface area contributed by atoms with E-state index in [1.165, 1.54) is 18.9 Å². The van der Waals surface area contributed by atoms with Crippen LogP contribution in [-0.4, -0.2) is 40.2 Å². The number of hydrogen-bond acceptors (Lipinski definition) is 3. The van der Waals surface area contributed by atoms with Crippen LogP contribution in [0.1, 0.15) is 38.5 Å². The standard InChI is InChI=1S/C18H26N2O3/c21-14-18(12-15-5-6-15)8-3-10-20(13-18)17(23)7-11-19-9-2-1-4-16(19)22/h1-2,4,9,15,21H,3,5-8,10-14H2/t18-/m1/s1. The van der Waals surface area contributed by atoms with Gasteiger partial charge in [-0.25, -0.2) is 0 Å². The molecule has 1 aliphatic carbocycles. The molecule has 5 nitrogen and oxygen atoms in total. The number of amides is 1. The number of nitrogens with zero attached hydrogens (tertiary/aromatic N) is 2. The molecule has 1 aliphatic heterocycles. The van der Waals surface area contributed by atoms with Crippen LogP contribution >= 0.6 is 0 Å². The third-order valence-electron chi connectivity index (χ3n) is 5.23. The molecule has 126 valence electrons. The summed E-state index contributed by atoms with van der Waals surface area (Å²) in [7, 11) is 0. The van der Waals surface area contributed by atoms with Gasteiger partial charge in [-0.05, 0) is 31.2 Å². The number of aromatic nitrogens is 1. The lowest BCUT2D eigenvalue weighted by Crippen LogP contribution is -2.48. The second-order valence-corrected chi connectivity index (χ2v) is 7.21. The molecule has 1 atom stereocenters. The molecule has 1 amide bonds. The van der Waals surface area contributed by atoms with Gasteiger partial charge in [0.15, 0.2) is 0 Å². The quantitative estimate of drug-likeness (QED) is 0.867. The Balaban J connectivity index is 1.58. The van der Waals surface area contributed by atoms with Gasteiger partial charge in [-0.2, -0.15) is 0 Å². The van der Waals surface area contributed by atoms with Crippen molar-refractivity contribution in [2.45, 2.75) is 45.1 Å². The first-order chi connectivity index (χ1) is 11.1. The van der Waals surface area contributed by atoms with E-state index in [1.54, 1.807) is 22.9 Å². The Kier molecular flexibility index (Phi) is 4.85. The fraction of sp³-hybridized carbons (Fsp3) is 0.667. The van der Waals surface area contributed by atoms with Gasteiger partial charge in [0.25, 0.3) is 5.56 Å². The number of hydrogen-bond donors (Lipinski definition) is 1. The SMILES string of the molecule is O=C(CCn1ccccc1=O)N1CCC[C@@](CO)(CC2CC2)C1. The summed E-state index contributed by atoms with van der Waals surface area (Å²) in [5, 5.41) is 9.88. The van der Waals surface area contributed by atoms with Gasteiger partial charge in [0.2, 0.25) is 5.91 Å². The maximum absolute atomic E-state index is 12.5. The van der Waals surface area contributed by atoms with E-state index in [0.717, 1.165) is 31.7 Å². The Labute approximate surface area is 136 Å². The lowest BCUT2D eigenvalue weighted by molar-refractivity contribution is -0.136. The summed E-state index contributed by atoms with van der Waals surface area (Å²) in [5.74, 6) is 0.842. The molecular weight excluding hydrogens is 292 g/mol. The van der Waals surface area contributed by atoms with Crippen LogP contribution in [0, 0.1) is 11.3 Å². The van der Waals surface area contributed by atoms with E-state index < -0.39 is 0 Å². The van der Waals surface area contributed by atoms with Crippen molar-refractivity contribution < 1.29 is 9.90 Å². The first-order valence-corrected chi connectivity index (χ1v) is 8.66.